The molecule has 6 nitrogen and oxygen atoms in total. The van der Waals surface area contributed by atoms with Gasteiger partial charge in [-0.2, -0.15) is 5.10 Å². The number of aromatic hydroxyl groups is 1. The Labute approximate surface area is 129 Å². The standard InChI is InChI=1S/C16H20N4O2/c21-14-3-1-2-12(8-14)4-5-16(22)20-7-6-17-15(11-20)13-9-18-19-10-13/h1-3,8-10,15,17,21H,4-7,11H2,(H,18,19). The topological polar surface area (TPSA) is 81.2 Å². The number of rotatable bonds is 4. The lowest BCUT2D eigenvalue weighted by molar-refractivity contribution is -0.132. The first-order valence-corrected chi connectivity index (χ1v) is 7.50. The maximum Gasteiger partial charge on any atom is 0.223 e. The summed E-state index contributed by atoms with van der Waals surface area (Å²) in [7, 11) is 0. The molecule has 22 heavy (non-hydrogen) atoms. The van der Waals surface area contributed by atoms with E-state index < -0.39 is 0 Å². The van der Waals surface area contributed by atoms with Gasteiger partial charge in [0.25, 0.3) is 0 Å². The first kappa shape index (κ1) is 14.6. The second-order valence-electron chi connectivity index (χ2n) is 5.55. The third-order valence-corrected chi connectivity index (χ3v) is 3.99. The number of phenolic OH excluding ortho intramolecular Hbond substituents is 1. The van der Waals surface area contributed by atoms with Crippen molar-refractivity contribution in [2.75, 3.05) is 19.6 Å². The molecule has 1 amide bonds. The molecule has 0 bridgehead atoms. The van der Waals surface area contributed by atoms with Gasteiger partial charge in [0.1, 0.15) is 5.75 Å². The highest BCUT2D eigenvalue weighted by Crippen LogP contribution is 2.17. The number of H-pyrrole nitrogens is 1. The van der Waals surface area contributed by atoms with Crippen molar-refractivity contribution >= 4 is 5.91 Å². The van der Waals surface area contributed by atoms with Gasteiger partial charge < -0.3 is 15.3 Å². The highest BCUT2D eigenvalue weighted by Gasteiger charge is 2.24. The predicted molar refractivity (Wildman–Crippen MR) is 82.3 cm³/mol. The number of benzene rings is 1. The molecule has 2 heterocycles. The Balaban J connectivity index is 1.55. The zero-order valence-electron chi connectivity index (χ0n) is 12.3. The van der Waals surface area contributed by atoms with Crippen LogP contribution in [0.3, 0.4) is 0 Å². The lowest BCUT2D eigenvalue weighted by Crippen LogP contribution is -2.48. The lowest BCUT2D eigenvalue weighted by Gasteiger charge is -2.33. The molecule has 1 aliphatic heterocycles. The number of amides is 1. The van der Waals surface area contributed by atoms with Crippen LogP contribution in [0.5, 0.6) is 5.75 Å². The van der Waals surface area contributed by atoms with Crippen LogP contribution < -0.4 is 5.32 Å². The molecule has 1 fully saturated rings. The summed E-state index contributed by atoms with van der Waals surface area (Å²) in [6.07, 6.45) is 4.76. The minimum absolute atomic E-state index is 0.136. The zero-order chi connectivity index (χ0) is 15.4. The Bertz CT molecular complexity index is 627. The molecule has 0 spiro atoms. The second-order valence-corrected chi connectivity index (χ2v) is 5.55. The summed E-state index contributed by atoms with van der Waals surface area (Å²) in [4.78, 5) is 14.3. The van der Waals surface area contributed by atoms with Crippen LogP contribution in [0.25, 0.3) is 0 Å². The van der Waals surface area contributed by atoms with Gasteiger partial charge in [0, 0.05) is 37.8 Å². The molecule has 0 saturated carbocycles. The van der Waals surface area contributed by atoms with Gasteiger partial charge in [-0.25, -0.2) is 0 Å². The normalized spacial score (nSPS) is 18.4. The number of carbonyl (C=O) groups is 1. The Hall–Kier alpha value is -2.34. The molecular formula is C16H20N4O2. The van der Waals surface area contributed by atoms with E-state index in [1.165, 1.54) is 0 Å². The highest BCUT2D eigenvalue weighted by molar-refractivity contribution is 5.76. The number of aromatic nitrogens is 2. The number of piperazine rings is 1. The van der Waals surface area contributed by atoms with Crippen molar-refractivity contribution in [1.29, 1.82) is 0 Å². The third kappa shape index (κ3) is 3.46. The molecule has 6 heteroatoms. The van der Waals surface area contributed by atoms with Crippen LogP contribution in [0.1, 0.15) is 23.6 Å². The fraction of sp³-hybridized carbons (Fsp3) is 0.375. The average Bonchev–Trinajstić information content (AvgIpc) is 3.07. The minimum Gasteiger partial charge on any atom is -0.508 e. The summed E-state index contributed by atoms with van der Waals surface area (Å²) in [5.41, 5.74) is 2.06. The van der Waals surface area contributed by atoms with Crippen LogP contribution in [0.15, 0.2) is 36.7 Å². The van der Waals surface area contributed by atoms with E-state index in [2.05, 4.69) is 15.5 Å². The first-order valence-electron chi connectivity index (χ1n) is 7.50. The van der Waals surface area contributed by atoms with Gasteiger partial charge in [0.2, 0.25) is 5.91 Å². The number of nitrogens with zero attached hydrogens (tertiary/aromatic N) is 2. The van der Waals surface area contributed by atoms with Gasteiger partial charge >= 0.3 is 0 Å². The van der Waals surface area contributed by atoms with Crippen LogP contribution in [0, 0.1) is 0 Å². The lowest BCUT2D eigenvalue weighted by atomic mass is 10.1. The molecule has 2 aromatic rings. The molecule has 1 atom stereocenters. The molecule has 1 saturated heterocycles. The van der Waals surface area contributed by atoms with Crippen molar-refractivity contribution in [2.24, 2.45) is 0 Å². The Morgan fingerprint density at radius 3 is 3.14 bits per heavy atom. The molecule has 1 aliphatic rings. The number of nitrogens with one attached hydrogen (secondary N) is 2. The average molecular weight is 300 g/mol. The smallest absolute Gasteiger partial charge is 0.223 e. The summed E-state index contributed by atoms with van der Waals surface area (Å²) >= 11 is 0. The number of phenols is 1. The van der Waals surface area contributed by atoms with Crippen molar-refractivity contribution in [1.82, 2.24) is 20.4 Å². The van der Waals surface area contributed by atoms with E-state index in [9.17, 15) is 9.90 Å². The van der Waals surface area contributed by atoms with Crippen molar-refractivity contribution in [3.05, 3.63) is 47.8 Å². The maximum absolute atomic E-state index is 12.4. The highest BCUT2D eigenvalue weighted by atomic mass is 16.3. The van der Waals surface area contributed by atoms with Crippen molar-refractivity contribution in [2.45, 2.75) is 18.9 Å². The number of aryl methyl sites for hydroxylation is 1. The van der Waals surface area contributed by atoms with E-state index >= 15 is 0 Å². The quantitative estimate of drug-likeness (QED) is 0.793. The summed E-state index contributed by atoms with van der Waals surface area (Å²) in [5.74, 6) is 0.394. The second kappa shape index (κ2) is 6.62. The number of hydrogen-bond donors (Lipinski definition) is 3. The van der Waals surface area contributed by atoms with Gasteiger partial charge in [-0.1, -0.05) is 12.1 Å². The van der Waals surface area contributed by atoms with E-state index in [0.29, 0.717) is 19.4 Å². The van der Waals surface area contributed by atoms with Crippen molar-refractivity contribution in [3.8, 4) is 5.75 Å². The van der Waals surface area contributed by atoms with Crippen LogP contribution in [-0.2, 0) is 11.2 Å². The molecule has 116 valence electrons. The summed E-state index contributed by atoms with van der Waals surface area (Å²) < 4.78 is 0. The molecule has 1 aromatic heterocycles. The van der Waals surface area contributed by atoms with Gasteiger partial charge in [-0.05, 0) is 24.1 Å². The van der Waals surface area contributed by atoms with Gasteiger partial charge in [0.15, 0.2) is 0 Å². The van der Waals surface area contributed by atoms with Gasteiger partial charge in [0.05, 0.1) is 12.2 Å². The minimum atomic E-state index is 0.136. The molecular weight excluding hydrogens is 280 g/mol. The molecule has 3 N–H and O–H groups in total. The van der Waals surface area contributed by atoms with Gasteiger partial charge in [-0.3, -0.25) is 9.89 Å². The predicted octanol–water partition coefficient (Wildman–Crippen LogP) is 1.22. The molecule has 0 aliphatic carbocycles. The monoisotopic (exact) mass is 300 g/mol. The van der Waals surface area contributed by atoms with Crippen LogP contribution >= 0.6 is 0 Å². The summed E-state index contributed by atoms with van der Waals surface area (Å²) in [5, 5.41) is 19.6. The molecule has 0 radical (unpaired) electrons. The third-order valence-electron chi connectivity index (χ3n) is 3.99. The Morgan fingerprint density at radius 2 is 2.36 bits per heavy atom. The van der Waals surface area contributed by atoms with E-state index in [0.717, 1.165) is 24.2 Å². The van der Waals surface area contributed by atoms with E-state index in [1.54, 1.807) is 24.4 Å². The summed E-state index contributed by atoms with van der Waals surface area (Å²) in [6.45, 7) is 2.18. The SMILES string of the molecule is O=C(CCc1cccc(O)c1)N1CCNC(c2cn[nH]c2)C1. The van der Waals surface area contributed by atoms with Crippen molar-refractivity contribution in [3.63, 3.8) is 0 Å². The number of carbonyl (C=O) groups excluding carboxylic acids is 1. The fourth-order valence-electron chi connectivity index (χ4n) is 2.77. The van der Waals surface area contributed by atoms with Crippen LogP contribution in [-0.4, -0.2) is 45.7 Å². The van der Waals surface area contributed by atoms with Crippen molar-refractivity contribution < 1.29 is 9.90 Å². The largest absolute Gasteiger partial charge is 0.508 e. The van der Waals surface area contributed by atoms with Crippen LogP contribution in [0.4, 0.5) is 0 Å². The molecule has 3 rings (SSSR count). The van der Waals surface area contributed by atoms with Gasteiger partial charge in [-0.15, -0.1) is 0 Å². The van der Waals surface area contributed by atoms with E-state index in [4.69, 9.17) is 0 Å². The number of aromatic amines is 1. The van der Waals surface area contributed by atoms with Crippen LogP contribution in [0.2, 0.25) is 0 Å². The Morgan fingerprint density at radius 1 is 1.45 bits per heavy atom. The molecule has 1 unspecified atom stereocenters. The zero-order valence-corrected chi connectivity index (χ0v) is 12.3. The van der Waals surface area contributed by atoms with E-state index in [1.807, 2.05) is 17.2 Å². The fourth-order valence-corrected chi connectivity index (χ4v) is 2.77. The number of hydrogen-bond acceptors (Lipinski definition) is 4. The molecule has 1 aromatic carbocycles. The first-order chi connectivity index (χ1) is 10.7. The Kier molecular flexibility index (Phi) is 4.39. The maximum atomic E-state index is 12.4. The summed E-state index contributed by atoms with van der Waals surface area (Å²) in [6, 6.07) is 7.21. The van der Waals surface area contributed by atoms with E-state index in [-0.39, 0.29) is 17.7 Å².